The minimum atomic E-state index is -4.31. The number of benzene rings is 1. The third kappa shape index (κ3) is 4.84. The van der Waals surface area contributed by atoms with E-state index in [0.29, 0.717) is 27.3 Å². The molecule has 0 aliphatic carbocycles. The van der Waals surface area contributed by atoms with Gasteiger partial charge < -0.3 is 9.84 Å². The van der Waals surface area contributed by atoms with E-state index in [1.165, 1.54) is 13.1 Å². The van der Waals surface area contributed by atoms with Gasteiger partial charge in [0.15, 0.2) is 0 Å². The summed E-state index contributed by atoms with van der Waals surface area (Å²) in [4.78, 5) is 13.4. The average Bonchev–Trinajstić information content (AvgIpc) is 3.22. The Hall–Kier alpha value is -2.45. The highest BCUT2D eigenvalue weighted by Crippen LogP contribution is 2.36. The van der Waals surface area contributed by atoms with Crippen molar-refractivity contribution in [2.24, 2.45) is 0 Å². The summed E-state index contributed by atoms with van der Waals surface area (Å²) in [5.41, 5.74) is 1.89. The predicted octanol–water partition coefficient (Wildman–Crippen LogP) is 3.89. The van der Waals surface area contributed by atoms with Crippen LogP contribution in [0, 0.1) is 34.6 Å². The molecule has 0 spiro atoms. The predicted molar refractivity (Wildman–Crippen MR) is 131 cm³/mol. The molecule has 1 aromatic carbocycles. The topological polar surface area (TPSA) is 147 Å². The van der Waals surface area contributed by atoms with E-state index in [9.17, 15) is 21.6 Å². The quantitative estimate of drug-likeness (QED) is 0.407. The lowest BCUT2D eigenvalue weighted by molar-refractivity contribution is 0.102. The molecule has 0 bridgehead atoms. The number of thiophene rings is 1. The first-order chi connectivity index (χ1) is 15.7. The number of rotatable bonds is 7. The van der Waals surface area contributed by atoms with E-state index in [1.54, 1.807) is 40.7 Å². The van der Waals surface area contributed by atoms with Crippen molar-refractivity contribution in [3.8, 4) is 0 Å². The van der Waals surface area contributed by atoms with Gasteiger partial charge in [0, 0.05) is 4.88 Å². The van der Waals surface area contributed by atoms with Crippen LogP contribution in [0.15, 0.2) is 26.4 Å². The van der Waals surface area contributed by atoms with Gasteiger partial charge >= 0.3 is 0 Å². The van der Waals surface area contributed by atoms with Gasteiger partial charge in [0.2, 0.25) is 10.0 Å². The van der Waals surface area contributed by atoms with Crippen LogP contribution in [-0.2, 0) is 20.0 Å². The smallest absolute Gasteiger partial charge is 0.267 e. The molecule has 0 fully saturated rings. The van der Waals surface area contributed by atoms with Crippen LogP contribution in [0.4, 0.5) is 11.6 Å². The molecule has 1 amide bonds. The molecule has 0 saturated carbocycles. The maximum absolute atomic E-state index is 13.3. The van der Waals surface area contributed by atoms with E-state index in [-0.39, 0.29) is 31.3 Å². The number of carbonyl (C=O) groups is 1. The molecule has 2 heterocycles. The molecule has 0 saturated heterocycles. The van der Waals surface area contributed by atoms with Crippen molar-refractivity contribution < 1.29 is 26.2 Å². The van der Waals surface area contributed by atoms with Gasteiger partial charge in [-0.2, -0.15) is 0 Å². The lowest BCUT2D eigenvalue weighted by atomic mass is 10.1. The zero-order valence-corrected chi connectivity index (χ0v) is 22.4. The van der Waals surface area contributed by atoms with Crippen molar-refractivity contribution in [1.82, 2.24) is 9.88 Å². The highest BCUT2D eigenvalue weighted by atomic mass is 35.5. The molecule has 10 nitrogen and oxygen atoms in total. The Morgan fingerprint density at radius 1 is 1.06 bits per heavy atom. The van der Waals surface area contributed by atoms with Crippen molar-refractivity contribution in [2.75, 3.05) is 17.1 Å². The van der Waals surface area contributed by atoms with E-state index in [1.807, 2.05) is 0 Å². The van der Waals surface area contributed by atoms with Crippen LogP contribution in [-0.4, -0.2) is 34.9 Å². The highest BCUT2D eigenvalue weighted by Gasteiger charge is 2.32. The Balaban J connectivity index is 2.10. The lowest BCUT2D eigenvalue weighted by Gasteiger charge is -2.15. The Morgan fingerprint density at radius 2 is 1.71 bits per heavy atom. The number of sulfonamides is 2. The molecular weight excluding hydrogens is 524 g/mol. The molecule has 0 aliphatic heterocycles. The van der Waals surface area contributed by atoms with Crippen molar-refractivity contribution >= 4 is 60.5 Å². The SMILES string of the molecule is CNS(=O)(=O)c1cc(C)cc(C)c1NC(=O)c1sc(C)c(C)c1S(=O)(=O)Nc1onc(C)c1Cl. The molecule has 3 aromatic rings. The maximum Gasteiger partial charge on any atom is 0.267 e. The van der Waals surface area contributed by atoms with E-state index in [0.717, 1.165) is 11.3 Å². The van der Waals surface area contributed by atoms with Crippen molar-refractivity contribution in [2.45, 2.75) is 44.4 Å². The van der Waals surface area contributed by atoms with E-state index in [4.69, 9.17) is 16.1 Å². The molecule has 2 aromatic heterocycles. The summed E-state index contributed by atoms with van der Waals surface area (Å²) >= 11 is 7.01. The number of hydrogen-bond acceptors (Lipinski definition) is 8. The van der Waals surface area contributed by atoms with Crippen LogP contribution < -0.4 is 14.8 Å². The zero-order valence-electron chi connectivity index (χ0n) is 19.2. The number of aryl methyl sites for hydroxylation is 4. The number of nitrogens with zero attached hydrogens (tertiary/aromatic N) is 1. The largest absolute Gasteiger partial charge is 0.336 e. The van der Waals surface area contributed by atoms with E-state index in [2.05, 4.69) is 19.9 Å². The third-order valence-corrected chi connectivity index (χ3v) is 9.78. The summed E-state index contributed by atoms with van der Waals surface area (Å²) in [6, 6.07) is 3.13. The third-order valence-electron chi connectivity index (χ3n) is 5.06. The number of nitrogens with one attached hydrogen (secondary N) is 3. The normalized spacial score (nSPS) is 12.1. The number of halogens is 1. The lowest BCUT2D eigenvalue weighted by Crippen LogP contribution is -2.23. The van der Waals surface area contributed by atoms with Crippen LogP contribution in [0.3, 0.4) is 0 Å². The van der Waals surface area contributed by atoms with Crippen LogP contribution in [0.5, 0.6) is 0 Å². The number of amides is 1. The molecule has 0 aliphatic rings. The minimum absolute atomic E-state index is 0.00336. The molecule has 184 valence electrons. The second-order valence-electron chi connectivity index (χ2n) is 7.57. The van der Waals surface area contributed by atoms with E-state index >= 15 is 0 Å². The van der Waals surface area contributed by atoms with Crippen LogP contribution in [0.2, 0.25) is 5.02 Å². The average molecular weight is 547 g/mol. The van der Waals surface area contributed by atoms with Crippen molar-refractivity contribution in [3.63, 3.8) is 0 Å². The first-order valence-electron chi connectivity index (χ1n) is 9.80. The fourth-order valence-corrected chi connectivity index (χ4v) is 7.32. The van der Waals surface area contributed by atoms with E-state index < -0.39 is 26.0 Å². The first-order valence-corrected chi connectivity index (χ1v) is 14.0. The van der Waals surface area contributed by atoms with Gasteiger partial charge in [0.05, 0.1) is 5.69 Å². The Bertz CT molecular complexity index is 1510. The Kier molecular flexibility index (Phi) is 7.16. The van der Waals surface area contributed by atoms with Gasteiger partial charge in [-0.1, -0.05) is 22.8 Å². The highest BCUT2D eigenvalue weighted by molar-refractivity contribution is 7.93. The summed E-state index contributed by atoms with van der Waals surface area (Å²) in [5, 5.41) is 6.21. The van der Waals surface area contributed by atoms with Crippen LogP contribution >= 0.6 is 22.9 Å². The van der Waals surface area contributed by atoms with Gasteiger partial charge in [-0.3, -0.25) is 4.79 Å². The fraction of sp³-hybridized carbons (Fsp3) is 0.300. The molecule has 0 atom stereocenters. The maximum atomic E-state index is 13.3. The molecule has 14 heteroatoms. The summed E-state index contributed by atoms with van der Waals surface area (Å²) in [6.45, 7) is 8.17. The zero-order chi connectivity index (χ0) is 25.6. The Labute approximate surface area is 206 Å². The van der Waals surface area contributed by atoms with Gasteiger partial charge in [-0.25, -0.2) is 26.3 Å². The molecule has 3 rings (SSSR count). The molecular formula is C20H23ClN4O6S3. The monoisotopic (exact) mass is 546 g/mol. The summed E-state index contributed by atoms with van der Waals surface area (Å²) in [5.74, 6) is -1.05. The summed E-state index contributed by atoms with van der Waals surface area (Å²) in [7, 11) is -6.96. The van der Waals surface area contributed by atoms with Gasteiger partial charge in [-0.15, -0.1) is 11.3 Å². The first kappa shape index (κ1) is 26.2. The Morgan fingerprint density at radius 3 is 2.26 bits per heavy atom. The minimum Gasteiger partial charge on any atom is -0.336 e. The number of aromatic nitrogens is 1. The number of anilines is 2. The number of carbonyl (C=O) groups excluding carboxylic acids is 1. The summed E-state index contributed by atoms with van der Waals surface area (Å²) < 4.78 is 61.0. The van der Waals surface area contributed by atoms with Gasteiger partial charge in [-0.05, 0) is 64.4 Å². The molecule has 34 heavy (non-hydrogen) atoms. The van der Waals surface area contributed by atoms with Gasteiger partial charge in [0.1, 0.15) is 25.4 Å². The van der Waals surface area contributed by atoms with Gasteiger partial charge in [0.25, 0.3) is 21.8 Å². The van der Waals surface area contributed by atoms with Crippen molar-refractivity contribution in [3.05, 3.63) is 49.3 Å². The second-order valence-corrected chi connectivity index (χ2v) is 12.7. The second kappa shape index (κ2) is 9.30. The van der Waals surface area contributed by atoms with Crippen molar-refractivity contribution in [1.29, 1.82) is 0 Å². The van der Waals surface area contributed by atoms with Crippen LogP contribution in [0.25, 0.3) is 0 Å². The fourth-order valence-electron chi connectivity index (χ4n) is 3.26. The summed E-state index contributed by atoms with van der Waals surface area (Å²) in [6.07, 6.45) is 0. The standard InChI is InChI=1S/C20H23ClN4O6S3/c1-9-7-10(2)16(14(8-9)33(27,28)22-6)23-19(26)17-18(11(3)13(5)32-17)34(29,30)25-20-15(21)12(4)24-31-20/h7-8,22,25H,1-6H3,(H,23,26). The molecule has 0 unspecified atom stereocenters. The number of hydrogen-bond donors (Lipinski definition) is 3. The molecule has 0 radical (unpaired) electrons. The molecule has 3 N–H and O–H groups in total. The van der Waals surface area contributed by atoms with Crippen LogP contribution in [0.1, 0.15) is 36.9 Å².